The lowest BCUT2D eigenvalue weighted by Gasteiger charge is -2.23. The third-order valence-corrected chi connectivity index (χ3v) is 2.58. The minimum absolute atomic E-state index is 0.00800. The molecular formula is C12H10ClF3N2O. The van der Waals surface area contributed by atoms with Crippen LogP contribution in [0.1, 0.15) is 16.8 Å². The number of amides is 1. The SMILES string of the molecule is N#CCCN(CC(F)(F)F)C(=O)c1ccccc1Cl. The second-order valence-corrected chi connectivity index (χ2v) is 4.14. The molecular weight excluding hydrogens is 281 g/mol. The molecule has 0 saturated carbocycles. The number of benzene rings is 1. The first-order valence-corrected chi connectivity index (χ1v) is 5.70. The van der Waals surface area contributed by atoms with Crippen LogP contribution in [-0.4, -0.2) is 30.1 Å². The smallest absolute Gasteiger partial charge is 0.328 e. The van der Waals surface area contributed by atoms with Gasteiger partial charge in [-0.1, -0.05) is 23.7 Å². The number of halogens is 4. The Morgan fingerprint density at radius 1 is 1.37 bits per heavy atom. The van der Waals surface area contributed by atoms with Gasteiger partial charge in [-0.05, 0) is 12.1 Å². The summed E-state index contributed by atoms with van der Waals surface area (Å²) in [6.45, 7) is -1.70. The van der Waals surface area contributed by atoms with E-state index < -0.39 is 18.6 Å². The zero-order valence-electron chi connectivity index (χ0n) is 9.75. The van der Waals surface area contributed by atoms with Crippen LogP contribution in [0.15, 0.2) is 24.3 Å². The fourth-order valence-corrected chi connectivity index (χ4v) is 1.68. The average molecular weight is 291 g/mol. The van der Waals surface area contributed by atoms with Crippen molar-refractivity contribution in [1.29, 1.82) is 5.26 Å². The summed E-state index contributed by atoms with van der Waals surface area (Å²) in [5, 5.41) is 8.51. The summed E-state index contributed by atoms with van der Waals surface area (Å²) >= 11 is 5.77. The molecule has 0 fully saturated rings. The van der Waals surface area contributed by atoms with Crippen LogP contribution in [-0.2, 0) is 0 Å². The molecule has 1 amide bonds. The van der Waals surface area contributed by atoms with E-state index in [1.165, 1.54) is 18.2 Å². The van der Waals surface area contributed by atoms with Crippen molar-refractivity contribution in [2.45, 2.75) is 12.6 Å². The Bertz CT molecular complexity index is 496. The summed E-state index contributed by atoms with van der Waals surface area (Å²) in [5.41, 5.74) is -0.00800. The van der Waals surface area contributed by atoms with E-state index in [2.05, 4.69) is 0 Å². The highest BCUT2D eigenvalue weighted by atomic mass is 35.5. The Morgan fingerprint density at radius 3 is 2.53 bits per heavy atom. The first-order valence-electron chi connectivity index (χ1n) is 5.32. The van der Waals surface area contributed by atoms with E-state index in [4.69, 9.17) is 16.9 Å². The monoisotopic (exact) mass is 290 g/mol. The van der Waals surface area contributed by atoms with E-state index in [1.54, 1.807) is 12.1 Å². The number of nitriles is 1. The summed E-state index contributed by atoms with van der Waals surface area (Å²) < 4.78 is 37.2. The van der Waals surface area contributed by atoms with Crippen molar-refractivity contribution >= 4 is 17.5 Å². The molecule has 0 aliphatic rings. The fraction of sp³-hybridized carbons (Fsp3) is 0.333. The molecule has 19 heavy (non-hydrogen) atoms. The Labute approximate surface area is 113 Å². The van der Waals surface area contributed by atoms with Gasteiger partial charge in [0.1, 0.15) is 6.54 Å². The minimum Gasteiger partial charge on any atom is -0.328 e. The lowest BCUT2D eigenvalue weighted by Crippen LogP contribution is -2.39. The molecule has 0 radical (unpaired) electrons. The molecule has 1 rings (SSSR count). The molecule has 102 valence electrons. The van der Waals surface area contributed by atoms with E-state index in [1.807, 2.05) is 0 Å². The zero-order chi connectivity index (χ0) is 14.5. The second-order valence-electron chi connectivity index (χ2n) is 3.73. The average Bonchev–Trinajstić information content (AvgIpc) is 2.33. The topological polar surface area (TPSA) is 44.1 Å². The van der Waals surface area contributed by atoms with E-state index in [9.17, 15) is 18.0 Å². The van der Waals surface area contributed by atoms with E-state index in [0.29, 0.717) is 4.90 Å². The molecule has 0 atom stereocenters. The summed E-state index contributed by atoms with van der Waals surface area (Å²) in [6.07, 6.45) is -4.70. The molecule has 0 bridgehead atoms. The normalized spacial score (nSPS) is 10.9. The van der Waals surface area contributed by atoms with Crippen molar-refractivity contribution in [3.63, 3.8) is 0 Å². The molecule has 0 spiro atoms. The summed E-state index contributed by atoms with van der Waals surface area (Å²) in [4.78, 5) is 12.6. The molecule has 0 unspecified atom stereocenters. The van der Waals surface area contributed by atoms with Gasteiger partial charge >= 0.3 is 6.18 Å². The van der Waals surface area contributed by atoms with Crippen LogP contribution in [0, 0.1) is 11.3 Å². The maximum absolute atomic E-state index is 12.4. The van der Waals surface area contributed by atoms with Crippen molar-refractivity contribution in [2.75, 3.05) is 13.1 Å². The second kappa shape index (κ2) is 6.43. The lowest BCUT2D eigenvalue weighted by molar-refractivity contribution is -0.140. The predicted octanol–water partition coefficient (Wildman–Crippen LogP) is 3.26. The largest absolute Gasteiger partial charge is 0.406 e. The summed E-state index contributed by atoms with van der Waals surface area (Å²) in [5.74, 6) is -0.835. The van der Waals surface area contributed by atoms with Crippen LogP contribution >= 0.6 is 11.6 Å². The maximum Gasteiger partial charge on any atom is 0.406 e. The van der Waals surface area contributed by atoms with Gasteiger partial charge in [-0.25, -0.2) is 0 Å². The van der Waals surface area contributed by atoms with Crippen LogP contribution in [0.2, 0.25) is 5.02 Å². The molecule has 0 aliphatic carbocycles. The Hall–Kier alpha value is -1.74. The Kier molecular flexibility index (Phi) is 5.19. The van der Waals surface area contributed by atoms with Crippen LogP contribution in [0.5, 0.6) is 0 Å². The first-order chi connectivity index (χ1) is 8.85. The van der Waals surface area contributed by atoms with Gasteiger partial charge in [0.05, 0.1) is 23.1 Å². The molecule has 1 aromatic rings. The number of hydrogen-bond donors (Lipinski definition) is 0. The van der Waals surface area contributed by atoms with Crippen molar-refractivity contribution < 1.29 is 18.0 Å². The highest BCUT2D eigenvalue weighted by Gasteiger charge is 2.33. The van der Waals surface area contributed by atoms with Gasteiger partial charge in [0.15, 0.2) is 0 Å². The van der Waals surface area contributed by atoms with Crippen molar-refractivity contribution in [3.8, 4) is 6.07 Å². The molecule has 0 saturated heterocycles. The molecule has 0 heterocycles. The quantitative estimate of drug-likeness (QED) is 0.854. The zero-order valence-corrected chi connectivity index (χ0v) is 10.5. The number of alkyl halides is 3. The summed E-state index contributed by atoms with van der Waals surface area (Å²) in [6, 6.07) is 7.56. The third-order valence-electron chi connectivity index (χ3n) is 2.26. The van der Waals surface area contributed by atoms with Crippen molar-refractivity contribution in [1.82, 2.24) is 4.90 Å². The standard InChI is InChI=1S/C12H10ClF3N2O/c13-10-5-2-1-4-9(10)11(19)18(7-3-6-17)8-12(14,15)16/h1-2,4-5H,3,7-8H2. The molecule has 0 N–H and O–H groups in total. The van der Waals surface area contributed by atoms with E-state index in [0.717, 1.165) is 0 Å². The van der Waals surface area contributed by atoms with Crippen molar-refractivity contribution in [2.24, 2.45) is 0 Å². The molecule has 7 heteroatoms. The lowest BCUT2D eigenvalue weighted by atomic mass is 10.2. The number of carbonyl (C=O) groups is 1. The first kappa shape index (κ1) is 15.3. The molecule has 0 aliphatic heterocycles. The number of hydrogen-bond acceptors (Lipinski definition) is 2. The Balaban J connectivity index is 2.95. The van der Waals surface area contributed by atoms with Crippen LogP contribution in [0.3, 0.4) is 0 Å². The highest BCUT2D eigenvalue weighted by molar-refractivity contribution is 6.33. The van der Waals surface area contributed by atoms with Gasteiger partial charge in [-0.3, -0.25) is 4.79 Å². The Morgan fingerprint density at radius 2 is 2.00 bits per heavy atom. The van der Waals surface area contributed by atoms with Crippen LogP contribution in [0.25, 0.3) is 0 Å². The molecule has 1 aromatic carbocycles. The third kappa shape index (κ3) is 4.79. The van der Waals surface area contributed by atoms with Crippen LogP contribution in [0.4, 0.5) is 13.2 Å². The number of rotatable bonds is 4. The van der Waals surface area contributed by atoms with Gasteiger partial charge < -0.3 is 4.90 Å². The van der Waals surface area contributed by atoms with Gasteiger partial charge in [0.2, 0.25) is 0 Å². The van der Waals surface area contributed by atoms with E-state index in [-0.39, 0.29) is 23.6 Å². The number of nitrogens with zero attached hydrogens (tertiary/aromatic N) is 2. The predicted molar refractivity (Wildman–Crippen MR) is 63.6 cm³/mol. The molecule has 3 nitrogen and oxygen atoms in total. The van der Waals surface area contributed by atoms with Gasteiger partial charge in [0.25, 0.3) is 5.91 Å². The fourth-order valence-electron chi connectivity index (χ4n) is 1.46. The van der Waals surface area contributed by atoms with Crippen molar-refractivity contribution in [3.05, 3.63) is 34.9 Å². The van der Waals surface area contributed by atoms with E-state index >= 15 is 0 Å². The highest BCUT2D eigenvalue weighted by Crippen LogP contribution is 2.21. The number of carbonyl (C=O) groups excluding carboxylic acids is 1. The molecule has 0 aromatic heterocycles. The van der Waals surface area contributed by atoms with Crippen LogP contribution < -0.4 is 0 Å². The van der Waals surface area contributed by atoms with Gasteiger partial charge in [0, 0.05) is 6.54 Å². The maximum atomic E-state index is 12.4. The summed E-state index contributed by atoms with van der Waals surface area (Å²) in [7, 11) is 0. The minimum atomic E-state index is -4.52. The van der Waals surface area contributed by atoms with Gasteiger partial charge in [-0.2, -0.15) is 18.4 Å². The van der Waals surface area contributed by atoms with Gasteiger partial charge in [-0.15, -0.1) is 0 Å².